The first kappa shape index (κ1) is 19.4. The van der Waals surface area contributed by atoms with E-state index in [9.17, 15) is 13.2 Å². The standard InChI is InChI=1S/C19H23N5O4S/c25-19(24-8-6-22(7-9-24)17-4-5-20-21-15-17)28-18-3-1-2-16(14-18)23-10-12-29(26,27)13-11-23/h1-5,14-15H,6-13H2. The van der Waals surface area contributed by atoms with Gasteiger partial charge in [0.15, 0.2) is 9.84 Å². The fraction of sp³-hybridized carbons (Fsp3) is 0.421. The zero-order chi connectivity index (χ0) is 20.3. The zero-order valence-electron chi connectivity index (χ0n) is 16.0. The van der Waals surface area contributed by atoms with Crippen molar-refractivity contribution in [3.8, 4) is 5.75 Å². The van der Waals surface area contributed by atoms with Crippen molar-refractivity contribution in [3.05, 3.63) is 42.7 Å². The summed E-state index contributed by atoms with van der Waals surface area (Å²) in [7, 11) is -2.94. The van der Waals surface area contributed by atoms with E-state index < -0.39 is 9.84 Å². The second kappa shape index (κ2) is 8.24. The van der Waals surface area contributed by atoms with E-state index in [0.717, 1.165) is 11.4 Å². The summed E-state index contributed by atoms with van der Waals surface area (Å²) in [6, 6.07) is 9.14. The van der Waals surface area contributed by atoms with E-state index in [4.69, 9.17) is 4.74 Å². The number of carbonyl (C=O) groups is 1. The second-order valence-corrected chi connectivity index (χ2v) is 9.38. The van der Waals surface area contributed by atoms with Crippen molar-refractivity contribution in [1.29, 1.82) is 0 Å². The van der Waals surface area contributed by atoms with Crippen LogP contribution in [0.4, 0.5) is 16.2 Å². The lowest BCUT2D eigenvalue weighted by Crippen LogP contribution is -2.49. The molecule has 2 aromatic rings. The number of aromatic nitrogens is 2. The maximum Gasteiger partial charge on any atom is 0.415 e. The second-order valence-electron chi connectivity index (χ2n) is 7.08. The van der Waals surface area contributed by atoms with Crippen molar-refractivity contribution >= 4 is 27.3 Å². The van der Waals surface area contributed by atoms with Gasteiger partial charge >= 0.3 is 6.09 Å². The van der Waals surface area contributed by atoms with Gasteiger partial charge in [0.05, 0.1) is 29.6 Å². The molecule has 2 fully saturated rings. The first-order valence-electron chi connectivity index (χ1n) is 9.54. The predicted octanol–water partition coefficient (Wildman–Crippen LogP) is 1.03. The van der Waals surface area contributed by atoms with Gasteiger partial charge in [-0.25, -0.2) is 13.2 Å². The number of carbonyl (C=O) groups excluding carboxylic acids is 1. The Hall–Kier alpha value is -2.88. The van der Waals surface area contributed by atoms with E-state index in [-0.39, 0.29) is 17.6 Å². The predicted molar refractivity (Wildman–Crippen MR) is 109 cm³/mol. The molecule has 1 aromatic carbocycles. The quantitative estimate of drug-likeness (QED) is 0.731. The Morgan fingerprint density at radius 1 is 0.897 bits per heavy atom. The van der Waals surface area contributed by atoms with Gasteiger partial charge in [-0.15, -0.1) is 0 Å². The summed E-state index contributed by atoms with van der Waals surface area (Å²) in [4.78, 5) is 18.4. The van der Waals surface area contributed by atoms with Gasteiger partial charge < -0.3 is 19.4 Å². The third-order valence-electron chi connectivity index (χ3n) is 5.20. The molecule has 0 aliphatic carbocycles. The molecule has 154 valence electrons. The Morgan fingerprint density at radius 3 is 2.31 bits per heavy atom. The minimum atomic E-state index is -2.94. The normalized spacial score (nSPS) is 19.1. The molecule has 9 nitrogen and oxygen atoms in total. The minimum absolute atomic E-state index is 0.147. The van der Waals surface area contributed by atoms with Crippen LogP contribution in [-0.4, -0.2) is 80.4 Å². The summed E-state index contributed by atoms with van der Waals surface area (Å²) in [5.41, 5.74) is 1.85. The first-order valence-corrected chi connectivity index (χ1v) is 11.4. The maximum absolute atomic E-state index is 12.6. The number of sulfone groups is 1. The number of hydrogen-bond acceptors (Lipinski definition) is 8. The van der Waals surface area contributed by atoms with E-state index in [1.165, 1.54) is 0 Å². The lowest BCUT2D eigenvalue weighted by molar-refractivity contribution is 0.149. The number of piperazine rings is 1. The molecule has 2 aliphatic rings. The third-order valence-corrected chi connectivity index (χ3v) is 6.81. The molecule has 0 saturated carbocycles. The highest BCUT2D eigenvalue weighted by molar-refractivity contribution is 7.91. The van der Waals surface area contributed by atoms with Crippen LogP contribution in [0.1, 0.15) is 0 Å². The van der Waals surface area contributed by atoms with E-state index in [1.54, 1.807) is 29.4 Å². The summed E-state index contributed by atoms with van der Waals surface area (Å²) in [6.07, 6.45) is 2.99. The number of benzene rings is 1. The van der Waals surface area contributed by atoms with Gasteiger partial charge in [-0.1, -0.05) is 6.07 Å². The molecule has 0 N–H and O–H groups in total. The van der Waals surface area contributed by atoms with Crippen LogP contribution in [0.2, 0.25) is 0 Å². The summed E-state index contributed by atoms with van der Waals surface area (Å²) < 4.78 is 28.8. The van der Waals surface area contributed by atoms with Crippen LogP contribution in [0.5, 0.6) is 5.75 Å². The highest BCUT2D eigenvalue weighted by Crippen LogP contribution is 2.24. The summed E-state index contributed by atoms with van der Waals surface area (Å²) >= 11 is 0. The lowest BCUT2D eigenvalue weighted by atomic mass is 10.2. The number of nitrogens with zero attached hydrogens (tertiary/aromatic N) is 5. The van der Waals surface area contributed by atoms with Crippen molar-refractivity contribution in [2.24, 2.45) is 0 Å². The highest BCUT2D eigenvalue weighted by atomic mass is 32.2. The van der Waals surface area contributed by atoms with Crippen molar-refractivity contribution < 1.29 is 17.9 Å². The van der Waals surface area contributed by atoms with Gasteiger partial charge in [0.1, 0.15) is 5.75 Å². The SMILES string of the molecule is O=C(Oc1cccc(N2CCS(=O)(=O)CC2)c1)N1CCN(c2ccnnc2)CC1. The molecule has 0 bridgehead atoms. The van der Waals surface area contributed by atoms with E-state index in [0.29, 0.717) is 45.0 Å². The van der Waals surface area contributed by atoms with Crippen LogP contribution in [0.3, 0.4) is 0 Å². The van der Waals surface area contributed by atoms with Crippen molar-refractivity contribution in [2.75, 3.05) is 60.6 Å². The Bertz CT molecular complexity index is 948. The summed E-state index contributed by atoms with van der Waals surface area (Å²) in [5, 5.41) is 7.67. The zero-order valence-corrected chi connectivity index (χ0v) is 16.8. The number of amides is 1. The molecule has 2 saturated heterocycles. The van der Waals surface area contributed by atoms with Crippen molar-refractivity contribution in [3.63, 3.8) is 0 Å². The number of ether oxygens (including phenoxy) is 1. The van der Waals surface area contributed by atoms with E-state index in [2.05, 4.69) is 15.1 Å². The van der Waals surface area contributed by atoms with Gasteiger partial charge in [-0.3, -0.25) is 0 Å². The molecule has 1 amide bonds. The van der Waals surface area contributed by atoms with Crippen LogP contribution < -0.4 is 14.5 Å². The number of anilines is 2. The fourth-order valence-electron chi connectivity index (χ4n) is 3.50. The number of hydrogen-bond donors (Lipinski definition) is 0. The molecular weight excluding hydrogens is 394 g/mol. The van der Waals surface area contributed by atoms with E-state index in [1.807, 2.05) is 23.1 Å². The van der Waals surface area contributed by atoms with Crippen molar-refractivity contribution in [1.82, 2.24) is 15.1 Å². The third kappa shape index (κ3) is 4.76. The van der Waals surface area contributed by atoms with Gasteiger partial charge in [0.25, 0.3) is 0 Å². The van der Waals surface area contributed by atoms with Crippen molar-refractivity contribution in [2.45, 2.75) is 0 Å². The topological polar surface area (TPSA) is 95.9 Å². The smallest absolute Gasteiger partial charge is 0.410 e. The molecule has 10 heteroatoms. The average molecular weight is 417 g/mol. The molecule has 4 rings (SSSR count). The monoisotopic (exact) mass is 417 g/mol. The van der Waals surface area contributed by atoms with Gasteiger partial charge in [-0.05, 0) is 18.2 Å². The molecule has 0 atom stereocenters. The molecule has 0 unspecified atom stereocenters. The van der Waals surface area contributed by atoms with Crippen LogP contribution in [0.15, 0.2) is 42.7 Å². The lowest BCUT2D eigenvalue weighted by Gasteiger charge is -2.35. The minimum Gasteiger partial charge on any atom is -0.410 e. The van der Waals surface area contributed by atoms with Gasteiger partial charge in [0.2, 0.25) is 0 Å². The molecule has 3 heterocycles. The largest absolute Gasteiger partial charge is 0.415 e. The molecule has 1 aromatic heterocycles. The molecular formula is C19H23N5O4S. The van der Waals surface area contributed by atoms with Crippen LogP contribution in [0, 0.1) is 0 Å². The van der Waals surface area contributed by atoms with E-state index >= 15 is 0 Å². The van der Waals surface area contributed by atoms with Crippen LogP contribution >= 0.6 is 0 Å². The summed E-state index contributed by atoms with van der Waals surface area (Å²) in [6.45, 7) is 3.42. The molecule has 0 radical (unpaired) electrons. The highest BCUT2D eigenvalue weighted by Gasteiger charge is 2.24. The van der Waals surface area contributed by atoms with Crippen LogP contribution in [-0.2, 0) is 9.84 Å². The molecule has 2 aliphatic heterocycles. The Morgan fingerprint density at radius 2 is 1.62 bits per heavy atom. The first-order chi connectivity index (χ1) is 14.0. The van der Waals surface area contributed by atoms with Gasteiger partial charge in [0, 0.05) is 51.0 Å². The Kier molecular flexibility index (Phi) is 5.52. The summed E-state index contributed by atoms with van der Waals surface area (Å²) in [5.74, 6) is 0.754. The Labute approximate surface area is 169 Å². The average Bonchev–Trinajstić information content (AvgIpc) is 2.75. The number of rotatable bonds is 3. The maximum atomic E-state index is 12.6. The Balaban J connectivity index is 1.33. The molecule has 0 spiro atoms. The molecule has 29 heavy (non-hydrogen) atoms. The van der Waals surface area contributed by atoms with Gasteiger partial charge in [-0.2, -0.15) is 10.2 Å². The fourth-order valence-corrected chi connectivity index (χ4v) is 4.70. The van der Waals surface area contributed by atoms with Crippen LogP contribution in [0.25, 0.3) is 0 Å².